The van der Waals surface area contributed by atoms with Crippen molar-refractivity contribution in [1.29, 1.82) is 0 Å². The topological polar surface area (TPSA) is 0 Å². The van der Waals surface area contributed by atoms with E-state index in [9.17, 15) is 17.0 Å². The van der Waals surface area contributed by atoms with Crippen LogP contribution in [0.1, 0.15) is 131 Å². The van der Waals surface area contributed by atoms with Crippen molar-refractivity contribution in [3.05, 3.63) is 176 Å². The maximum absolute atomic E-state index is 9.35. The van der Waals surface area contributed by atoms with Gasteiger partial charge in [0.2, 0.25) is 0 Å². The van der Waals surface area contributed by atoms with Gasteiger partial charge in [0.25, 0.3) is 0 Å². The zero-order chi connectivity index (χ0) is 43.6. The Labute approximate surface area is 376 Å². The van der Waals surface area contributed by atoms with E-state index in [1.54, 1.807) is 0 Å². The summed E-state index contributed by atoms with van der Waals surface area (Å²) < 4.78 is 0.384. The first-order chi connectivity index (χ1) is 27.8. The van der Waals surface area contributed by atoms with Crippen molar-refractivity contribution in [3.8, 4) is 11.1 Å². The molecular formula is C55H58Cl4Zr. The first kappa shape index (κ1) is 43.9. The molecule has 0 N–H and O–H groups in total. The zero-order valence-corrected chi connectivity index (χ0v) is 42.7. The summed E-state index contributed by atoms with van der Waals surface area (Å²) in [7, 11) is 18.7. The second kappa shape index (κ2) is 14.6. The second-order valence-electron chi connectivity index (χ2n) is 21.6. The SMILES string of the molecule is CC(C)(C)c1cc2c(cc1C(C)(C)C)[CH]([Zr]([Cl])([Cl])(=[C](c1cc(Cl)cc3ccccc13)c1cc(Cl)cc3ccccc13)[CH]1C=CC=C1)c1cc(C(C)(C)C)c(C(C)(C)C)cc1-2. The van der Waals surface area contributed by atoms with Crippen LogP contribution in [0.3, 0.4) is 0 Å². The summed E-state index contributed by atoms with van der Waals surface area (Å²) in [5, 5.41) is 5.46. The number of benzene rings is 6. The van der Waals surface area contributed by atoms with Gasteiger partial charge in [-0.25, -0.2) is 0 Å². The van der Waals surface area contributed by atoms with E-state index in [2.05, 4.69) is 192 Å². The molecule has 0 aliphatic heterocycles. The van der Waals surface area contributed by atoms with E-state index in [0.717, 1.165) is 35.9 Å². The fraction of sp³-hybridized carbons (Fsp3) is 0.327. The van der Waals surface area contributed by atoms with Gasteiger partial charge in [-0.05, 0) is 0 Å². The van der Waals surface area contributed by atoms with Crippen molar-refractivity contribution >= 4 is 65.0 Å². The Morgan fingerprint density at radius 2 is 0.817 bits per heavy atom. The van der Waals surface area contributed by atoms with Crippen molar-refractivity contribution < 1.29 is 15.9 Å². The Balaban J connectivity index is 1.71. The van der Waals surface area contributed by atoms with Crippen molar-refractivity contribution in [1.82, 2.24) is 0 Å². The molecule has 60 heavy (non-hydrogen) atoms. The monoisotopic (exact) mass is 948 g/mol. The van der Waals surface area contributed by atoms with Gasteiger partial charge in [-0.15, -0.1) is 0 Å². The predicted octanol–water partition coefficient (Wildman–Crippen LogP) is 17.7. The Morgan fingerprint density at radius 3 is 1.18 bits per heavy atom. The number of halogens is 4. The van der Waals surface area contributed by atoms with Crippen LogP contribution in [0, 0.1) is 0 Å². The molecule has 6 aromatic carbocycles. The summed E-state index contributed by atoms with van der Waals surface area (Å²) in [4.78, 5) is 0. The van der Waals surface area contributed by atoms with E-state index < -0.39 is 15.9 Å². The molecule has 0 atom stereocenters. The molecule has 0 bridgehead atoms. The van der Waals surface area contributed by atoms with Crippen LogP contribution < -0.4 is 0 Å². The van der Waals surface area contributed by atoms with Gasteiger partial charge in [-0.1, -0.05) is 0 Å². The maximum atomic E-state index is 9.35. The minimum atomic E-state index is -6.00. The van der Waals surface area contributed by atoms with E-state index in [1.165, 1.54) is 44.5 Å². The molecule has 0 radical (unpaired) electrons. The van der Waals surface area contributed by atoms with Gasteiger partial charge in [0.05, 0.1) is 0 Å². The quantitative estimate of drug-likeness (QED) is 0.165. The van der Waals surface area contributed by atoms with E-state index in [-0.39, 0.29) is 28.9 Å². The van der Waals surface area contributed by atoms with Crippen LogP contribution in [0.5, 0.6) is 0 Å². The summed E-state index contributed by atoms with van der Waals surface area (Å²) in [5.41, 5.74) is 11.7. The average Bonchev–Trinajstić information content (AvgIpc) is 3.80. The van der Waals surface area contributed by atoms with Crippen LogP contribution in [-0.2, 0) is 37.6 Å². The van der Waals surface area contributed by atoms with E-state index >= 15 is 0 Å². The van der Waals surface area contributed by atoms with E-state index in [1.807, 2.05) is 12.1 Å². The fourth-order valence-corrected chi connectivity index (χ4v) is 30.0. The summed E-state index contributed by atoms with van der Waals surface area (Å²) in [6.45, 7) is 28.0. The van der Waals surface area contributed by atoms with Crippen molar-refractivity contribution in [2.75, 3.05) is 0 Å². The van der Waals surface area contributed by atoms with Gasteiger partial charge in [0, 0.05) is 0 Å². The van der Waals surface area contributed by atoms with Crippen LogP contribution in [-0.4, -0.2) is 3.21 Å². The van der Waals surface area contributed by atoms with Crippen molar-refractivity contribution in [2.24, 2.45) is 0 Å². The summed E-state index contributed by atoms with van der Waals surface area (Å²) in [6.07, 6.45) is 8.81. The van der Waals surface area contributed by atoms with E-state index in [4.69, 9.17) is 23.2 Å². The molecule has 6 aromatic rings. The normalized spacial score (nSPS) is 15.3. The molecule has 0 fully saturated rings. The average molecular weight is 952 g/mol. The first-order valence-electron chi connectivity index (χ1n) is 21.4. The molecule has 0 nitrogen and oxygen atoms in total. The molecule has 310 valence electrons. The Bertz CT molecular complexity index is 2710. The molecule has 0 unspecified atom stereocenters. The van der Waals surface area contributed by atoms with Gasteiger partial charge in [0.1, 0.15) is 0 Å². The molecule has 0 spiro atoms. The number of rotatable bonds is 4. The molecule has 2 aliphatic carbocycles. The van der Waals surface area contributed by atoms with Crippen molar-refractivity contribution in [2.45, 2.75) is 112 Å². The minimum absolute atomic E-state index is 0.109. The number of hydrogen-bond donors (Lipinski definition) is 0. The van der Waals surface area contributed by atoms with Crippen molar-refractivity contribution in [3.63, 3.8) is 0 Å². The van der Waals surface area contributed by atoms with Crippen LogP contribution >= 0.6 is 40.2 Å². The Kier molecular flexibility index (Phi) is 10.7. The van der Waals surface area contributed by atoms with Gasteiger partial charge in [-0.3, -0.25) is 0 Å². The van der Waals surface area contributed by atoms with Gasteiger partial charge in [-0.2, -0.15) is 0 Å². The predicted molar refractivity (Wildman–Crippen MR) is 263 cm³/mol. The third-order valence-corrected chi connectivity index (χ3v) is 33.1. The van der Waals surface area contributed by atoms with Crippen LogP contribution in [0.2, 0.25) is 13.7 Å². The molecule has 5 heteroatoms. The number of hydrogen-bond acceptors (Lipinski definition) is 0. The summed E-state index contributed by atoms with van der Waals surface area (Å²) >= 11 is 8.43. The molecule has 0 aromatic heterocycles. The van der Waals surface area contributed by atoms with Gasteiger partial charge < -0.3 is 0 Å². The van der Waals surface area contributed by atoms with Crippen LogP contribution in [0.4, 0.5) is 0 Å². The van der Waals surface area contributed by atoms with Crippen LogP contribution in [0.15, 0.2) is 121 Å². The molecule has 0 saturated heterocycles. The summed E-state index contributed by atoms with van der Waals surface area (Å²) in [6, 6.07) is 35.3. The number of allylic oxidation sites excluding steroid dienone is 4. The van der Waals surface area contributed by atoms with Crippen LogP contribution in [0.25, 0.3) is 32.7 Å². The Morgan fingerprint density at radius 1 is 0.467 bits per heavy atom. The van der Waals surface area contributed by atoms with E-state index in [0.29, 0.717) is 10.0 Å². The molecule has 0 heterocycles. The fourth-order valence-electron chi connectivity index (χ4n) is 10.3. The molecular weight excluding hydrogens is 894 g/mol. The third kappa shape index (κ3) is 7.20. The Hall–Kier alpha value is -2.77. The molecule has 8 rings (SSSR count). The first-order valence-corrected chi connectivity index (χ1v) is 32.5. The second-order valence-corrected chi connectivity index (χ2v) is 43.2. The zero-order valence-electron chi connectivity index (χ0n) is 37.2. The standard InChI is InChI=1S/C29H41.C21H12Cl2.C5H5.2ClH.Zr/c1-26(2,3)22-14-18-13-19-15-23(27(4,5)6)25(29(10,11)12)17-21(19)20(18)16-24(22)28(7,8)9;22-18-10-14-5-1-3-7-20(14)16(12-18)9-17-13-19(23)11-15-6-2-4-8-21(15)17;1-2-4-5-3-1;;;/h13-17H,1-12H3;1-8,10-13H;1-5H;2*1H;/q;;;;;+2/p-2. The van der Waals surface area contributed by atoms with Gasteiger partial charge >= 0.3 is 380 Å². The molecule has 2 aliphatic rings. The molecule has 0 amide bonds. The van der Waals surface area contributed by atoms with Gasteiger partial charge in [0.15, 0.2) is 0 Å². The number of fused-ring (bicyclic) bond motifs is 5. The molecule has 0 saturated carbocycles. The third-order valence-electron chi connectivity index (χ3n) is 13.1. The summed E-state index contributed by atoms with van der Waals surface area (Å²) in [5.74, 6) is 0.